The molecule has 1 rings (SSSR count). The van der Waals surface area contributed by atoms with Gasteiger partial charge in [-0.05, 0) is 6.92 Å². The number of hydrogen-bond donors (Lipinski definition) is 2. The van der Waals surface area contributed by atoms with Crippen LogP contribution in [0.4, 0.5) is 13.2 Å². The molecule has 0 radical (unpaired) electrons. The maximum atomic E-state index is 12.0. The fraction of sp³-hybridized carbons (Fsp3) is 0.600. The number of carbonyl (C=O) groups excluding carboxylic acids is 1. The molecule has 1 amide bonds. The van der Waals surface area contributed by atoms with Crippen LogP contribution in [-0.4, -0.2) is 38.5 Å². The van der Waals surface area contributed by atoms with E-state index >= 15 is 0 Å². The molecule has 0 fully saturated rings. The molecule has 1 aromatic rings. The number of imidazole rings is 1. The Kier molecular flexibility index (Phi) is 5.24. The van der Waals surface area contributed by atoms with Gasteiger partial charge in [0.1, 0.15) is 6.54 Å². The SMILES string of the molecule is CC(Sc1ncc(CO)n1C)C(=O)NCC(F)(F)F. The molecule has 19 heavy (non-hydrogen) atoms. The number of halogens is 3. The van der Waals surface area contributed by atoms with Crippen LogP contribution in [0, 0.1) is 0 Å². The summed E-state index contributed by atoms with van der Waals surface area (Å²) in [6.45, 7) is -0.0540. The molecule has 108 valence electrons. The molecule has 2 N–H and O–H groups in total. The first-order chi connectivity index (χ1) is 8.74. The van der Waals surface area contributed by atoms with Gasteiger partial charge in [0.15, 0.2) is 5.16 Å². The fourth-order valence-corrected chi connectivity index (χ4v) is 2.12. The van der Waals surface area contributed by atoms with Crippen molar-refractivity contribution in [1.29, 1.82) is 0 Å². The predicted molar refractivity (Wildman–Crippen MR) is 63.5 cm³/mol. The minimum absolute atomic E-state index is 0.196. The summed E-state index contributed by atoms with van der Waals surface area (Å²) >= 11 is 1.03. The third-order valence-corrected chi connectivity index (χ3v) is 3.48. The van der Waals surface area contributed by atoms with Gasteiger partial charge in [0, 0.05) is 7.05 Å². The van der Waals surface area contributed by atoms with Crippen molar-refractivity contribution in [3.8, 4) is 0 Å². The molecule has 5 nitrogen and oxygen atoms in total. The Bertz CT molecular complexity index is 448. The van der Waals surface area contributed by atoms with Crippen molar-refractivity contribution in [2.75, 3.05) is 6.54 Å². The number of nitrogens with zero attached hydrogens (tertiary/aromatic N) is 2. The quantitative estimate of drug-likeness (QED) is 0.798. The topological polar surface area (TPSA) is 67.2 Å². The summed E-state index contributed by atoms with van der Waals surface area (Å²) in [6, 6.07) is 0. The number of amides is 1. The van der Waals surface area contributed by atoms with Crippen molar-refractivity contribution >= 4 is 17.7 Å². The average molecular weight is 297 g/mol. The Labute approximate surface area is 112 Å². The number of nitrogens with one attached hydrogen (secondary N) is 1. The zero-order valence-corrected chi connectivity index (χ0v) is 11.2. The van der Waals surface area contributed by atoms with Gasteiger partial charge in [-0.2, -0.15) is 13.2 Å². The highest BCUT2D eigenvalue weighted by molar-refractivity contribution is 8.00. The molecule has 0 aliphatic heterocycles. The van der Waals surface area contributed by atoms with E-state index < -0.39 is 23.9 Å². The maximum Gasteiger partial charge on any atom is 0.405 e. The monoisotopic (exact) mass is 297 g/mol. The van der Waals surface area contributed by atoms with Crippen LogP contribution < -0.4 is 5.32 Å². The summed E-state index contributed by atoms with van der Waals surface area (Å²) in [6.07, 6.45) is -2.98. The van der Waals surface area contributed by atoms with Crippen molar-refractivity contribution in [3.63, 3.8) is 0 Å². The van der Waals surface area contributed by atoms with E-state index in [1.54, 1.807) is 11.6 Å². The second kappa shape index (κ2) is 6.29. The summed E-state index contributed by atoms with van der Waals surface area (Å²) in [4.78, 5) is 15.4. The van der Waals surface area contributed by atoms with Crippen LogP contribution in [0.1, 0.15) is 12.6 Å². The minimum Gasteiger partial charge on any atom is -0.390 e. The van der Waals surface area contributed by atoms with Crippen LogP contribution in [0.25, 0.3) is 0 Å². The van der Waals surface area contributed by atoms with E-state index in [9.17, 15) is 18.0 Å². The molecule has 0 saturated carbocycles. The highest BCUT2D eigenvalue weighted by atomic mass is 32.2. The maximum absolute atomic E-state index is 12.0. The third-order valence-electron chi connectivity index (χ3n) is 2.32. The lowest BCUT2D eigenvalue weighted by atomic mass is 10.4. The van der Waals surface area contributed by atoms with Crippen LogP contribution >= 0.6 is 11.8 Å². The lowest BCUT2D eigenvalue weighted by Crippen LogP contribution is -2.38. The largest absolute Gasteiger partial charge is 0.405 e. The van der Waals surface area contributed by atoms with Gasteiger partial charge in [-0.25, -0.2) is 4.98 Å². The van der Waals surface area contributed by atoms with Gasteiger partial charge in [0.25, 0.3) is 0 Å². The zero-order valence-electron chi connectivity index (χ0n) is 10.4. The van der Waals surface area contributed by atoms with Gasteiger partial charge in [0.2, 0.25) is 5.91 Å². The molecule has 9 heteroatoms. The van der Waals surface area contributed by atoms with Crippen molar-refractivity contribution < 1.29 is 23.1 Å². The molecule has 1 unspecified atom stereocenters. The summed E-state index contributed by atoms with van der Waals surface area (Å²) in [5.74, 6) is -0.712. The molecule has 0 aliphatic rings. The van der Waals surface area contributed by atoms with Crippen LogP contribution in [0.5, 0.6) is 0 Å². The van der Waals surface area contributed by atoms with E-state index in [0.29, 0.717) is 10.9 Å². The lowest BCUT2D eigenvalue weighted by Gasteiger charge is -2.13. The zero-order chi connectivity index (χ0) is 14.6. The van der Waals surface area contributed by atoms with E-state index in [2.05, 4.69) is 4.98 Å². The van der Waals surface area contributed by atoms with E-state index in [1.807, 2.05) is 5.32 Å². The van der Waals surface area contributed by atoms with Gasteiger partial charge >= 0.3 is 6.18 Å². The van der Waals surface area contributed by atoms with Crippen molar-refractivity contribution in [3.05, 3.63) is 11.9 Å². The highest BCUT2D eigenvalue weighted by Gasteiger charge is 2.29. The van der Waals surface area contributed by atoms with Gasteiger partial charge in [0.05, 0.1) is 23.7 Å². The molecule has 0 aromatic carbocycles. The Hall–Kier alpha value is -1.22. The van der Waals surface area contributed by atoms with Crippen LogP contribution in [0.15, 0.2) is 11.4 Å². The first kappa shape index (κ1) is 15.8. The first-order valence-electron chi connectivity index (χ1n) is 5.37. The molecule has 0 bridgehead atoms. The number of aliphatic hydroxyl groups is 1. The smallest absolute Gasteiger partial charge is 0.390 e. The highest BCUT2D eigenvalue weighted by Crippen LogP contribution is 2.22. The summed E-state index contributed by atoms with van der Waals surface area (Å²) < 4.78 is 37.4. The lowest BCUT2D eigenvalue weighted by molar-refractivity contribution is -0.137. The molecule has 0 saturated heterocycles. The van der Waals surface area contributed by atoms with Crippen molar-refractivity contribution in [2.24, 2.45) is 7.05 Å². The van der Waals surface area contributed by atoms with E-state index in [-0.39, 0.29) is 6.61 Å². The number of thioether (sulfide) groups is 1. The number of carbonyl (C=O) groups is 1. The molecule has 0 spiro atoms. The number of alkyl halides is 3. The van der Waals surface area contributed by atoms with E-state index in [0.717, 1.165) is 11.8 Å². The Morgan fingerprint density at radius 2 is 2.26 bits per heavy atom. The average Bonchev–Trinajstić information content (AvgIpc) is 2.66. The van der Waals surface area contributed by atoms with E-state index in [4.69, 9.17) is 5.11 Å². The second-order valence-electron chi connectivity index (χ2n) is 3.84. The third kappa shape index (κ3) is 4.75. The van der Waals surface area contributed by atoms with Gasteiger partial charge in [-0.3, -0.25) is 4.79 Å². The van der Waals surface area contributed by atoms with Gasteiger partial charge < -0.3 is 15.0 Å². The summed E-state index contributed by atoms with van der Waals surface area (Å²) in [5, 5.41) is 10.5. The number of aromatic nitrogens is 2. The second-order valence-corrected chi connectivity index (χ2v) is 5.15. The molecule has 1 aromatic heterocycles. The predicted octanol–water partition coefficient (Wildman–Crippen LogP) is 1.07. The molecule has 1 atom stereocenters. The molecule has 1 heterocycles. The number of hydrogen-bond acceptors (Lipinski definition) is 4. The Morgan fingerprint density at radius 3 is 2.74 bits per heavy atom. The molecular weight excluding hydrogens is 283 g/mol. The van der Waals surface area contributed by atoms with E-state index in [1.165, 1.54) is 13.1 Å². The number of rotatable bonds is 5. The molecule has 0 aliphatic carbocycles. The van der Waals surface area contributed by atoms with Crippen molar-refractivity contribution in [1.82, 2.24) is 14.9 Å². The first-order valence-corrected chi connectivity index (χ1v) is 6.25. The Morgan fingerprint density at radius 1 is 1.63 bits per heavy atom. The Balaban J connectivity index is 2.56. The summed E-state index contributed by atoms with van der Waals surface area (Å²) in [5.41, 5.74) is 0.561. The standard InChI is InChI=1S/C10H14F3N3O2S/c1-6(8(18)15-5-10(11,12)13)19-9-14-3-7(4-17)16(9)2/h3,6,17H,4-5H2,1-2H3,(H,15,18). The van der Waals surface area contributed by atoms with Crippen molar-refractivity contribution in [2.45, 2.75) is 30.1 Å². The molecular formula is C10H14F3N3O2S. The van der Waals surface area contributed by atoms with Crippen LogP contribution in [-0.2, 0) is 18.4 Å². The normalized spacial score (nSPS) is 13.4. The minimum atomic E-state index is -4.42. The van der Waals surface area contributed by atoms with Crippen LogP contribution in [0.2, 0.25) is 0 Å². The fourth-order valence-electron chi connectivity index (χ4n) is 1.22. The summed E-state index contributed by atoms with van der Waals surface area (Å²) in [7, 11) is 1.65. The number of aliphatic hydroxyl groups excluding tert-OH is 1. The van der Waals surface area contributed by atoms with Gasteiger partial charge in [-0.15, -0.1) is 0 Å². The van der Waals surface area contributed by atoms with Crippen LogP contribution in [0.3, 0.4) is 0 Å². The van der Waals surface area contributed by atoms with Gasteiger partial charge in [-0.1, -0.05) is 11.8 Å².